The van der Waals surface area contributed by atoms with Gasteiger partial charge in [-0.25, -0.2) is 4.79 Å². The summed E-state index contributed by atoms with van der Waals surface area (Å²) in [4.78, 5) is 13.6. The Balaban J connectivity index is 2.11. The molecule has 0 amide bonds. The minimum Gasteiger partial charge on any atom is -0.496 e. The first-order valence-corrected chi connectivity index (χ1v) is 5.68. The van der Waals surface area contributed by atoms with Gasteiger partial charge in [0.15, 0.2) is 5.58 Å². The van der Waals surface area contributed by atoms with Gasteiger partial charge in [0.2, 0.25) is 0 Å². The molecule has 0 aliphatic carbocycles. The van der Waals surface area contributed by atoms with Gasteiger partial charge in [-0.15, -0.1) is 0 Å². The molecule has 0 aliphatic heterocycles. The monoisotopic (exact) mass is 257 g/mol. The van der Waals surface area contributed by atoms with Crippen LogP contribution in [-0.2, 0) is 0 Å². The summed E-state index contributed by atoms with van der Waals surface area (Å²) in [6, 6.07) is 10.7. The molecule has 0 radical (unpaired) electrons. The number of carbonyl (C=O) groups is 1. The second-order valence-corrected chi connectivity index (χ2v) is 4.08. The van der Waals surface area contributed by atoms with Crippen LogP contribution < -0.4 is 4.74 Å². The lowest BCUT2D eigenvalue weighted by Gasteiger charge is -2.04. The highest BCUT2D eigenvalue weighted by Gasteiger charge is 2.14. The smallest absolute Gasteiger partial charge is 0.352 e. The van der Waals surface area contributed by atoms with Gasteiger partial charge in [0.1, 0.15) is 17.2 Å². The highest BCUT2D eigenvalue weighted by molar-refractivity contribution is 5.93. The fourth-order valence-electron chi connectivity index (χ4n) is 2.02. The number of H-pyrrole nitrogens is 1. The van der Waals surface area contributed by atoms with Gasteiger partial charge in [0.25, 0.3) is 0 Å². The SMILES string of the molecule is COc1ccccc1-c1cc2[nH]c(C(=O)O)cc2o1. The molecule has 0 unspecified atom stereocenters. The maximum atomic E-state index is 10.8. The molecule has 0 bridgehead atoms. The topological polar surface area (TPSA) is 75.5 Å². The van der Waals surface area contributed by atoms with Gasteiger partial charge < -0.3 is 19.2 Å². The van der Waals surface area contributed by atoms with E-state index in [9.17, 15) is 4.79 Å². The first-order chi connectivity index (χ1) is 9.19. The van der Waals surface area contributed by atoms with Crippen LogP contribution in [0.25, 0.3) is 22.4 Å². The van der Waals surface area contributed by atoms with E-state index in [-0.39, 0.29) is 5.69 Å². The van der Waals surface area contributed by atoms with Crippen molar-refractivity contribution in [3.8, 4) is 17.1 Å². The van der Waals surface area contributed by atoms with Crippen LogP contribution in [0.1, 0.15) is 10.5 Å². The number of carboxylic acid groups (broad SMARTS) is 1. The zero-order valence-electron chi connectivity index (χ0n) is 10.1. The van der Waals surface area contributed by atoms with Crippen LogP contribution in [0.4, 0.5) is 0 Å². The fraction of sp³-hybridized carbons (Fsp3) is 0.0714. The van der Waals surface area contributed by atoms with E-state index in [1.807, 2.05) is 24.3 Å². The van der Waals surface area contributed by atoms with E-state index in [2.05, 4.69) is 4.98 Å². The Morgan fingerprint density at radius 3 is 2.79 bits per heavy atom. The molecule has 3 aromatic rings. The van der Waals surface area contributed by atoms with E-state index in [0.717, 1.165) is 5.56 Å². The van der Waals surface area contributed by atoms with Crippen LogP contribution in [0, 0.1) is 0 Å². The largest absolute Gasteiger partial charge is 0.496 e. The van der Waals surface area contributed by atoms with Crippen LogP contribution in [0.15, 0.2) is 40.8 Å². The number of aromatic amines is 1. The predicted molar refractivity (Wildman–Crippen MR) is 69.5 cm³/mol. The predicted octanol–water partition coefficient (Wildman–Crippen LogP) is 3.13. The van der Waals surface area contributed by atoms with E-state index in [1.165, 1.54) is 6.07 Å². The zero-order valence-corrected chi connectivity index (χ0v) is 10.1. The molecule has 0 aliphatic rings. The summed E-state index contributed by atoms with van der Waals surface area (Å²) in [5.41, 5.74) is 2.10. The molecule has 19 heavy (non-hydrogen) atoms. The summed E-state index contributed by atoms with van der Waals surface area (Å²) in [6.07, 6.45) is 0. The Kier molecular flexibility index (Phi) is 2.52. The lowest BCUT2D eigenvalue weighted by molar-refractivity contribution is 0.0691. The van der Waals surface area contributed by atoms with Crippen molar-refractivity contribution in [2.75, 3.05) is 7.11 Å². The minimum atomic E-state index is -1.01. The van der Waals surface area contributed by atoms with Crippen LogP contribution in [0.3, 0.4) is 0 Å². The number of nitrogens with one attached hydrogen (secondary N) is 1. The van der Waals surface area contributed by atoms with E-state index in [4.69, 9.17) is 14.3 Å². The number of benzene rings is 1. The highest BCUT2D eigenvalue weighted by Crippen LogP contribution is 2.33. The Morgan fingerprint density at radius 1 is 1.32 bits per heavy atom. The van der Waals surface area contributed by atoms with E-state index < -0.39 is 5.97 Å². The van der Waals surface area contributed by atoms with Crippen molar-refractivity contribution in [2.24, 2.45) is 0 Å². The maximum Gasteiger partial charge on any atom is 0.352 e. The summed E-state index contributed by atoms with van der Waals surface area (Å²) in [5, 5.41) is 8.88. The Hall–Kier alpha value is -2.69. The molecule has 0 atom stereocenters. The number of carboxylic acids is 1. The minimum absolute atomic E-state index is 0.111. The van der Waals surface area contributed by atoms with Crippen molar-refractivity contribution in [2.45, 2.75) is 0 Å². The maximum absolute atomic E-state index is 10.8. The van der Waals surface area contributed by atoms with Gasteiger partial charge in [0.05, 0.1) is 18.2 Å². The molecule has 0 fully saturated rings. The van der Waals surface area contributed by atoms with Crippen molar-refractivity contribution < 1.29 is 19.1 Å². The Bertz CT molecular complexity index is 722. The third-order valence-electron chi connectivity index (χ3n) is 2.91. The zero-order chi connectivity index (χ0) is 13.4. The number of hydrogen-bond acceptors (Lipinski definition) is 3. The molecular weight excluding hydrogens is 246 g/mol. The van der Waals surface area contributed by atoms with E-state index in [0.29, 0.717) is 22.6 Å². The number of hydrogen-bond donors (Lipinski definition) is 2. The summed E-state index contributed by atoms with van der Waals surface area (Å²) < 4.78 is 10.9. The van der Waals surface area contributed by atoms with Crippen LogP contribution in [0.2, 0.25) is 0 Å². The molecule has 0 spiro atoms. The van der Waals surface area contributed by atoms with Gasteiger partial charge in [-0.05, 0) is 12.1 Å². The highest BCUT2D eigenvalue weighted by atomic mass is 16.5. The molecule has 2 heterocycles. The summed E-state index contributed by atoms with van der Waals surface area (Å²) >= 11 is 0. The number of aromatic carboxylic acids is 1. The molecule has 96 valence electrons. The summed E-state index contributed by atoms with van der Waals surface area (Å²) in [7, 11) is 1.59. The van der Waals surface area contributed by atoms with E-state index in [1.54, 1.807) is 13.2 Å². The van der Waals surface area contributed by atoms with Crippen LogP contribution in [-0.4, -0.2) is 23.2 Å². The second kappa shape index (κ2) is 4.20. The van der Waals surface area contributed by atoms with Crippen molar-refractivity contribution >= 4 is 17.1 Å². The number of aromatic nitrogens is 1. The lowest BCUT2D eigenvalue weighted by atomic mass is 10.1. The van der Waals surface area contributed by atoms with Gasteiger partial charge in [-0.3, -0.25) is 0 Å². The quantitative estimate of drug-likeness (QED) is 0.755. The molecule has 0 saturated carbocycles. The molecule has 0 saturated heterocycles. The van der Waals surface area contributed by atoms with Crippen molar-refractivity contribution in [3.63, 3.8) is 0 Å². The normalized spacial score (nSPS) is 10.8. The number of furan rings is 1. The van der Waals surface area contributed by atoms with Gasteiger partial charge in [-0.2, -0.15) is 0 Å². The standard InChI is InChI=1S/C14H11NO4/c1-18-11-5-3-2-4-8(11)12-6-9-13(19-12)7-10(15-9)14(16)17/h2-7,15H,1H3,(H,16,17). The van der Waals surface area contributed by atoms with Crippen LogP contribution in [0.5, 0.6) is 5.75 Å². The first kappa shape index (κ1) is 11.4. The average molecular weight is 257 g/mol. The van der Waals surface area contributed by atoms with Gasteiger partial charge in [0, 0.05) is 12.1 Å². The molecule has 5 heteroatoms. The fourth-order valence-corrected chi connectivity index (χ4v) is 2.02. The average Bonchev–Trinajstić information content (AvgIpc) is 2.96. The van der Waals surface area contributed by atoms with Gasteiger partial charge in [-0.1, -0.05) is 12.1 Å². The number of ether oxygens (including phenoxy) is 1. The van der Waals surface area contributed by atoms with Crippen molar-refractivity contribution in [1.29, 1.82) is 0 Å². The molecule has 2 N–H and O–H groups in total. The number of rotatable bonds is 3. The van der Waals surface area contributed by atoms with E-state index >= 15 is 0 Å². The molecule has 2 aromatic heterocycles. The summed E-state index contributed by atoms with van der Waals surface area (Å²) in [6.45, 7) is 0. The Labute approximate surface area is 108 Å². The molecular formula is C14H11NO4. The Morgan fingerprint density at radius 2 is 2.11 bits per heavy atom. The molecule has 3 rings (SSSR count). The second-order valence-electron chi connectivity index (χ2n) is 4.08. The lowest BCUT2D eigenvalue weighted by Crippen LogP contribution is -1.94. The first-order valence-electron chi connectivity index (χ1n) is 5.68. The van der Waals surface area contributed by atoms with Crippen molar-refractivity contribution in [3.05, 3.63) is 42.1 Å². The molecule has 1 aromatic carbocycles. The van der Waals surface area contributed by atoms with Crippen molar-refractivity contribution in [1.82, 2.24) is 4.98 Å². The third kappa shape index (κ3) is 1.85. The molecule has 5 nitrogen and oxygen atoms in total. The third-order valence-corrected chi connectivity index (χ3v) is 2.91. The van der Waals surface area contributed by atoms with Gasteiger partial charge >= 0.3 is 5.97 Å². The number of methoxy groups -OCH3 is 1. The summed E-state index contributed by atoms with van der Waals surface area (Å²) in [5.74, 6) is 0.332. The van der Waals surface area contributed by atoms with Crippen LogP contribution >= 0.6 is 0 Å². The number of fused-ring (bicyclic) bond motifs is 1. The number of para-hydroxylation sites is 1.